The molecule has 0 fully saturated rings. The average Bonchev–Trinajstić information content (AvgIpc) is 2.80. The zero-order valence-electron chi connectivity index (χ0n) is 15.0. The fourth-order valence-electron chi connectivity index (χ4n) is 3.16. The number of imidazole rings is 1. The molecule has 0 atom stereocenters. The summed E-state index contributed by atoms with van der Waals surface area (Å²) in [4.78, 5) is 36.3. The van der Waals surface area contributed by atoms with Gasteiger partial charge in [-0.05, 0) is 44.2 Å². The van der Waals surface area contributed by atoms with Crippen LogP contribution in [0.3, 0.4) is 0 Å². The van der Waals surface area contributed by atoms with E-state index in [9.17, 15) is 19.5 Å². The smallest absolute Gasteiger partial charge is 0.420 e. The molecule has 1 heterocycles. The van der Waals surface area contributed by atoms with Gasteiger partial charge in [0.25, 0.3) is 0 Å². The minimum Gasteiger partial charge on any atom is -0.464 e. The van der Waals surface area contributed by atoms with Gasteiger partial charge in [-0.2, -0.15) is 4.57 Å². The van der Waals surface area contributed by atoms with E-state index in [0.717, 1.165) is 18.4 Å². The van der Waals surface area contributed by atoms with Crippen molar-refractivity contribution in [1.82, 2.24) is 9.13 Å². The number of hydrogen-bond donors (Lipinski definition) is 1. The Morgan fingerprint density at radius 2 is 1.84 bits per heavy atom. The van der Waals surface area contributed by atoms with Crippen molar-refractivity contribution in [2.75, 3.05) is 0 Å². The van der Waals surface area contributed by atoms with E-state index in [1.54, 1.807) is 26.0 Å². The van der Waals surface area contributed by atoms with Gasteiger partial charge in [0.1, 0.15) is 6.54 Å². The second-order valence-electron chi connectivity index (χ2n) is 6.25. The van der Waals surface area contributed by atoms with Crippen LogP contribution in [-0.2, 0) is 16.1 Å². The highest BCUT2D eigenvalue weighted by molar-refractivity contribution is 5.89. The van der Waals surface area contributed by atoms with E-state index in [4.69, 9.17) is 4.74 Å². The van der Waals surface area contributed by atoms with Crippen molar-refractivity contribution in [2.24, 2.45) is 0 Å². The summed E-state index contributed by atoms with van der Waals surface area (Å²) < 4.78 is 7.02. The first-order chi connectivity index (χ1) is 11.8. The summed E-state index contributed by atoms with van der Waals surface area (Å²) in [5.74, 6) is -0.402. The number of carboxylic acid groups (broad SMARTS) is 1. The van der Waals surface area contributed by atoms with E-state index in [1.165, 1.54) is 4.57 Å². The highest BCUT2D eigenvalue weighted by Crippen LogP contribution is 2.30. The summed E-state index contributed by atoms with van der Waals surface area (Å²) >= 11 is 0. The topological polar surface area (TPSA) is 90.5 Å². The first kappa shape index (κ1) is 18.8. The number of esters is 1. The van der Waals surface area contributed by atoms with Gasteiger partial charge >= 0.3 is 17.8 Å². The van der Waals surface area contributed by atoms with Crippen LogP contribution in [0, 0.1) is 0 Å². The Balaban J connectivity index is 2.74. The summed E-state index contributed by atoms with van der Waals surface area (Å²) in [7, 11) is 0. The molecule has 2 rings (SSSR count). The number of benzene rings is 1. The minimum atomic E-state index is -1.37. The van der Waals surface area contributed by atoms with Gasteiger partial charge in [-0.3, -0.25) is 9.36 Å². The van der Waals surface area contributed by atoms with E-state index >= 15 is 0 Å². The fraction of sp³-hybridized carbons (Fsp3) is 0.500. The van der Waals surface area contributed by atoms with Crippen LogP contribution in [0.25, 0.3) is 11.0 Å². The minimum absolute atomic E-state index is 0.167. The van der Waals surface area contributed by atoms with Crippen LogP contribution in [0.15, 0.2) is 23.0 Å². The third-order valence-corrected chi connectivity index (χ3v) is 4.25. The molecule has 25 heavy (non-hydrogen) atoms. The number of ether oxygens (including phenoxy) is 1. The predicted octanol–water partition coefficient (Wildman–Crippen LogP) is 3.18. The SMILES string of the molecule is CCC(CC)c1cccc2c1n(CC(=O)OC(C)C)c(=O)n2C(=O)O. The Labute approximate surface area is 145 Å². The first-order valence-electron chi connectivity index (χ1n) is 8.48. The maximum absolute atomic E-state index is 12.6. The molecule has 0 aliphatic rings. The molecule has 0 saturated heterocycles. The monoisotopic (exact) mass is 348 g/mol. The maximum atomic E-state index is 12.6. The zero-order chi connectivity index (χ0) is 18.7. The molecule has 0 radical (unpaired) electrons. The van der Waals surface area contributed by atoms with Crippen LogP contribution < -0.4 is 5.69 Å². The molecular formula is C18H24N2O5. The lowest BCUT2D eigenvalue weighted by atomic mass is 9.93. The number of hydrogen-bond acceptors (Lipinski definition) is 4. The van der Waals surface area contributed by atoms with Gasteiger partial charge in [0.15, 0.2) is 0 Å². The van der Waals surface area contributed by atoms with Crippen molar-refractivity contribution in [3.8, 4) is 0 Å². The van der Waals surface area contributed by atoms with Gasteiger partial charge in [-0.15, -0.1) is 0 Å². The lowest BCUT2D eigenvalue weighted by Gasteiger charge is -2.16. The van der Waals surface area contributed by atoms with Crippen molar-refractivity contribution in [3.05, 3.63) is 34.2 Å². The van der Waals surface area contributed by atoms with Crippen molar-refractivity contribution in [3.63, 3.8) is 0 Å². The fourth-order valence-corrected chi connectivity index (χ4v) is 3.16. The molecule has 0 saturated carbocycles. The van der Waals surface area contributed by atoms with Crippen LogP contribution in [0.1, 0.15) is 52.0 Å². The third-order valence-electron chi connectivity index (χ3n) is 4.25. The third kappa shape index (κ3) is 3.60. The van der Waals surface area contributed by atoms with Gasteiger partial charge in [-0.25, -0.2) is 9.59 Å². The molecule has 0 amide bonds. The van der Waals surface area contributed by atoms with Crippen molar-refractivity contribution in [1.29, 1.82) is 0 Å². The van der Waals surface area contributed by atoms with Crippen LogP contribution >= 0.6 is 0 Å². The quantitative estimate of drug-likeness (QED) is 0.810. The highest BCUT2D eigenvalue weighted by atomic mass is 16.5. The molecule has 7 nitrogen and oxygen atoms in total. The predicted molar refractivity (Wildman–Crippen MR) is 94.2 cm³/mol. The summed E-state index contributed by atoms with van der Waals surface area (Å²) in [5.41, 5.74) is 0.905. The highest BCUT2D eigenvalue weighted by Gasteiger charge is 2.24. The van der Waals surface area contributed by atoms with Crippen molar-refractivity contribution in [2.45, 2.75) is 59.1 Å². The standard InChI is InChI=1S/C18H24N2O5/c1-5-12(6-2)13-8-7-9-14-16(13)19(10-15(21)25-11(3)4)17(22)20(14)18(23)24/h7-9,11-12H,5-6,10H2,1-4H3,(H,23,24). The largest absolute Gasteiger partial charge is 0.464 e. The Morgan fingerprint density at radius 3 is 2.36 bits per heavy atom. The normalized spacial score (nSPS) is 11.4. The number of carbonyl (C=O) groups is 2. The summed E-state index contributed by atoms with van der Waals surface area (Å²) in [6.07, 6.45) is 0.0129. The number of para-hydroxylation sites is 1. The molecule has 7 heteroatoms. The Bertz CT molecular complexity index is 843. The van der Waals surface area contributed by atoms with Gasteiger partial charge in [-0.1, -0.05) is 26.0 Å². The summed E-state index contributed by atoms with van der Waals surface area (Å²) in [5, 5.41) is 9.43. The number of rotatable bonds is 6. The zero-order valence-corrected chi connectivity index (χ0v) is 15.0. The second kappa shape index (κ2) is 7.55. The number of fused-ring (bicyclic) bond motifs is 1. The summed E-state index contributed by atoms with van der Waals surface area (Å²) in [6, 6.07) is 5.21. The lowest BCUT2D eigenvalue weighted by molar-refractivity contribution is -0.148. The molecule has 136 valence electrons. The molecule has 1 N–H and O–H groups in total. The number of carbonyl (C=O) groups excluding carboxylic acids is 1. The van der Waals surface area contributed by atoms with E-state index in [0.29, 0.717) is 15.6 Å². The van der Waals surface area contributed by atoms with Crippen LogP contribution in [0.5, 0.6) is 0 Å². The Morgan fingerprint density at radius 1 is 1.20 bits per heavy atom. The Kier molecular flexibility index (Phi) is 5.66. The van der Waals surface area contributed by atoms with Gasteiger partial charge < -0.3 is 9.84 Å². The molecule has 0 aliphatic heterocycles. The van der Waals surface area contributed by atoms with Crippen molar-refractivity contribution < 1.29 is 19.4 Å². The second-order valence-corrected chi connectivity index (χ2v) is 6.25. The van der Waals surface area contributed by atoms with Crippen LogP contribution in [-0.4, -0.2) is 32.4 Å². The number of nitrogens with zero attached hydrogens (tertiary/aromatic N) is 2. The van der Waals surface area contributed by atoms with E-state index in [-0.39, 0.29) is 18.6 Å². The van der Waals surface area contributed by atoms with E-state index < -0.39 is 17.8 Å². The molecule has 1 aromatic heterocycles. The average molecular weight is 348 g/mol. The van der Waals surface area contributed by atoms with Gasteiger partial charge in [0.05, 0.1) is 17.1 Å². The molecule has 0 aliphatic carbocycles. The van der Waals surface area contributed by atoms with Gasteiger partial charge in [0.2, 0.25) is 0 Å². The molecule has 2 aromatic rings. The molecule has 0 bridgehead atoms. The number of aromatic nitrogens is 2. The Hall–Kier alpha value is -2.57. The van der Waals surface area contributed by atoms with E-state index in [2.05, 4.69) is 0 Å². The van der Waals surface area contributed by atoms with Crippen LogP contribution in [0.2, 0.25) is 0 Å². The molecular weight excluding hydrogens is 324 g/mol. The molecule has 0 spiro atoms. The van der Waals surface area contributed by atoms with E-state index in [1.807, 2.05) is 19.9 Å². The molecule has 1 aromatic carbocycles. The maximum Gasteiger partial charge on any atom is 0.420 e. The van der Waals surface area contributed by atoms with Gasteiger partial charge in [0, 0.05) is 0 Å². The lowest BCUT2D eigenvalue weighted by Crippen LogP contribution is -2.31. The summed E-state index contributed by atoms with van der Waals surface area (Å²) in [6.45, 7) is 7.20. The van der Waals surface area contributed by atoms with Crippen molar-refractivity contribution >= 4 is 23.1 Å². The van der Waals surface area contributed by atoms with Crippen LogP contribution in [0.4, 0.5) is 4.79 Å². The first-order valence-corrected chi connectivity index (χ1v) is 8.48. The molecule has 0 unspecified atom stereocenters.